The van der Waals surface area contributed by atoms with Crippen LogP contribution in [0.1, 0.15) is 43.5 Å². The van der Waals surface area contributed by atoms with Gasteiger partial charge in [-0.15, -0.1) is 0 Å². The van der Waals surface area contributed by atoms with E-state index in [2.05, 4.69) is 28.7 Å². The van der Waals surface area contributed by atoms with E-state index < -0.39 is 5.97 Å². The van der Waals surface area contributed by atoms with Crippen LogP contribution in [0.15, 0.2) is 12.5 Å². The molecule has 0 radical (unpaired) electrons. The van der Waals surface area contributed by atoms with E-state index in [4.69, 9.17) is 0 Å². The van der Waals surface area contributed by atoms with Crippen LogP contribution in [0, 0.1) is 5.92 Å². The fourth-order valence-corrected chi connectivity index (χ4v) is 1.95. The molecule has 1 aromatic rings. The average molecular weight is 249 g/mol. The highest BCUT2D eigenvalue weighted by atomic mass is 16.4. The third-order valence-electron chi connectivity index (χ3n) is 3.13. The smallest absolute Gasteiger partial charge is 0.341 e. The van der Waals surface area contributed by atoms with E-state index in [1.807, 2.05) is 0 Å². The maximum absolute atomic E-state index is 11.2. The second kappa shape index (κ2) is 5.33. The van der Waals surface area contributed by atoms with E-state index in [9.17, 15) is 9.90 Å². The number of carboxylic acids is 1. The highest BCUT2D eigenvalue weighted by Gasteiger charge is 2.32. The monoisotopic (exact) mass is 249 g/mol. The highest BCUT2D eigenvalue weighted by Crippen LogP contribution is 2.32. The van der Waals surface area contributed by atoms with Gasteiger partial charge in [0.1, 0.15) is 17.7 Å². The fourth-order valence-electron chi connectivity index (χ4n) is 1.95. The van der Waals surface area contributed by atoms with Crippen LogP contribution in [-0.4, -0.2) is 33.6 Å². The molecule has 1 heterocycles. The van der Waals surface area contributed by atoms with E-state index in [1.54, 1.807) is 0 Å². The molecule has 0 aromatic carbocycles. The van der Waals surface area contributed by atoms with Gasteiger partial charge in [0, 0.05) is 18.8 Å². The number of aromatic nitrogens is 2. The van der Waals surface area contributed by atoms with E-state index in [0.717, 1.165) is 25.8 Å². The summed E-state index contributed by atoms with van der Waals surface area (Å²) >= 11 is 0. The number of carboxylic acid groups (broad SMARTS) is 1. The van der Waals surface area contributed by atoms with Gasteiger partial charge in [0.05, 0.1) is 0 Å². The van der Waals surface area contributed by atoms with Crippen LogP contribution in [0.5, 0.6) is 0 Å². The van der Waals surface area contributed by atoms with Crippen LogP contribution < -0.4 is 4.90 Å². The summed E-state index contributed by atoms with van der Waals surface area (Å²) in [5, 5.41) is 9.19. The zero-order valence-electron chi connectivity index (χ0n) is 10.8. The number of hydrogen-bond donors (Lipinski definition) is 1. The summed E-state index contributed by atoms with van der Waals surface area (Å²) in [5.74, 6) is 0.211. The minimum Gasteiger partial charge on any atom is -0.477 e. The van der Waals surface area contributed by atoms with Crippen LogP contribution in [0.3, 0.4) is 0 Å². The summed E-state index contributed by atoms with van der Waals surface area (Å²) in [6, 6.07) is 0.455. The van der Waals surface area contributed by atoms with E-state index in [-0.39, 0.29) is 5.56 Å². The Balaban J connectivity index is 2.22. The first kappa shape index (κ1) is 12.8. The Bertz CT molecular complexity index is 430. The van der Waals surface area contributed by atoms with Gasteiger partial charge in [-0.05, 0) is 25.2 Å². The molecule has 0 amide bonds. The number of nitrogens with zero attached hydrogens (tertiary/aromatic N) is 3. The summed E-state index contributed by atoms with van der Waals surface area (Å²) in [6.07, 6.45) is 6.10. The molecule has 1 saturated carbocycles. The molecule has 0 atom stereocenters. The molecule has 2 rings (SSSR count). The fraction of sp³-hybridized carbons (Fsp3) is 0.615. The van der Waals surface area contributed by atoms with Gasteiger partial charge in [0.2, 0.25) is 0 Å². The van der Waals surface area contributed by atoms with Crippen molar-refractivity contribution < 1.29 is 9.90 Å². The molecule has 0 bridgehead atoms. The molecule has 18 heavy (non-hydrogen) atoms. The second-order valence-corrected chi connectivity index (χ2v) is 5.17. The molecule has 98 valence electrons. The van der Waals surface area contributed by atoms with Crippen molar-refractivity contribution in [2.24, 2.45) is 5.92 Å². The first-order chi connectivity index (χ1) is 8.59. The second-order valence-electron chi connectivity index (χ2n) is 5.17. The van der Waals surface area contributed by atoms with Gasteiger partial charge in [-0.2, -0.15) is 0 Å². The minimum absolute atomic E-state index is 0.202. The molecule has 1 aromatic heterocycles. The zero-order valence-corrected chi connectivity index (χ0v) is 10.8. The van der Waals surface area contributed by atoms with Crippen molar-refractivity contribution in [2.75, 3.05) is 11.4 Å². The number of anilines is 1. The number of hydrogen-bond acceptors (Lipinski definition) is 4. The van der Waals surface area contributed by atoms with Gasteiger partial charge < -0.3 is 10.0 Å². The van der Waals surface area contributed by atoms with Crippen LogP contribution in [0.2, 0.25) is 0 Å². The predicted octanol–water partition coefficient (Wildman–Crippen LogP) is 2.19. The molecule has 1 N–H and O–H groups in total. The Morgan fingerprint density at radius 2 is 2.28 bits per heavy atom. The van der Waals surface area contributed by atoms with E-state index in [1.165, 1.54) is 12.5 Å². The quantitative estimate of drug-likeness (QED) is 0.837. The van der Waals surface area contributed by atoms with Crippen molar-refractivity contribution in [1.29, 1.82) is 0 Å². The maximum Gasteiger partial charge on any atom is 0.341 e. The molecule has 0 spiro atoms. The lowest BCUT2D eigenvalue weighted by Gasteiger charge is -2.25. The molecule has 1 aliphatic carbocycles. The molecular weight excluding hydrogens is 230 g/mol. The van der Waals surface area contributed by atoms with Gasteiger partial charge in [-0.1, -0.05) is 13.8 Å². The third kappa shape index (κ3) is 2.97. The Kier molecular flexibility index (Phi) is 3.79. The van der Waals surface area contributed by atoms with Crippen LogP contribution in [0.4, 0.5) is 5.82 Å². The Hall–Kier alpha value is -1.65. The molecule has 0 saturated heterocycles. The standard InChI is InChI=1S/C13H19N3O2/c1-9(2)5-6-16(10-3-4-10)12-11(13(17)18)7-14-8-15-12/h7-10H,3-6H2,1-2H3,(H,17,18). The van der Waals surface area contributed by atoms with E-state index >= 15 is 0 Å². The molecule has 0 aliphatic heterocycles. The van der Waals surface area contributed by atoms with Gasteiger partial charge in [-0.25, -0.2) is 14.8 Å². The van der Waals surface area contributed by atoms with Crippen LogP contribution >= 0.6 is 0 Å². The van der Waals surface area contributed by atoms with Gasteiger partial charge >= 0.3 is 5.97 Å². The first-order valence-corrected chi connectivity index (χ1v) is 6.39. The summed E-state index contributed by atoms with van der Waals surface area (Å²) < 4.78 is 0. The summed E-state index contributed by atoms with van der Waals surface area (Å²) in [6.45, 7) is 5.20. The Labute approximate surface area is 107 Å². The molecular formula is C13H19N3O2. The minimum atomic E-state index is -0.958. The molecule has 5 heteroatoms. The Morgan fingerprint density at radius 3 is 2.83 bits per heavy atom. The maximum atomic E-state index is 11.2. The average Bonchev–Trinajstić information content (AvgIpc) is 3.14. The lowest BCUT2D eigenvalue weighted by Crippen LogP contribution is -2.30. The lowest BCUT2D eigenvalue weighted by atomic mass is 10.1. The summed E-state index contributed by atoms with van der Waals surface area (Å²) in [5.41, 5.74) is 0.202. The van der Waals surface area contributed by atoms with Crippen molar-refractivity contribution in [3.05, 3.63) is 18.1 Å². The molecule has 5 nitrogen and oxygen atoms in total. The van der Waals surface area contributed by atoms with Crippen molar-refractivity contribution in [3.8, 4) is 0 Å². The van der Waals surface area contributed by atoms with Crippen molar-refractivity contribution in [3.63, 3.8) is 0 Å². The van der Waals surface area contributed by atoms with Crippen molar-refractivity contribution >= 4 is 11.8 Å². The lowest BCUT2D eigenvalue weighted by molar-refractivity contribution is 0.0696. The largest absolute Gasteiger partial charge is 0.477 e. The van der Waals surface area contributed by atoms with E-state index in [0.29, 0.717) is 17.8 Å². The van der Waals surface area contributed by atoms with Gasteiger partial charge in [-0.3, -0.25) is 0 Å². The number of carbonyl (C=O) groups is 1. The summed E-state index contributed by atoms with van der Waals surface area (Å²) in [4.78, 5) is 21.3. The SMILES string of the molecule is CC(C)CCN(c1ncncc1C(=O)O)C1CC1. The number of aromatic carboxylic acids is 1. The van der Waals surface area contributed by atoms with Crippen LogP contribution in [0.25, 0.3) is 0 Å². The normalized spacial score (nSPS) is 14.8. The molecule has 1 aliphatic rings. The summed E-state index contributed by atoms with van der Waals surface area (Å²) in [7, 11) is 0. The highest BCUT2D eigenvalue weighted by molar-refractivity contribution is 5.93. The zero-order chi connectivity index (χ0) is 13.1. The first-order valence-electron chi connectivity index (χ1n) is 6.39. The Morgan fingerprint density at radius 1 is 1.56 bits per heavy atom. The van der Waals surface area contributed by atoms with Crippen molar-refractivity contribution in [2.45, 2.75) is 39.2 Å². The van der Waals surface area contributed by atoms with Crippen LogP contribution in [-0.2, 0) is 0 Å². The molecule has 0 unspecified atom stereocenters. The molecule has 1 fully saturated rings. The predicted molar refractivity (Wildman–Crippen MR) is 68.8 cm³/mol. The van der Waals surface area contributed by atoms with Gasteiger partial charge in [0.25, 0.3) is 0 Å². The topological polar surface area (TPSA) is 66.3 Å². The van der Waals surface area contributed by atoms with Gasteiger partial charge in [0.15, 0.2) is 0 Å². The third-order valence-corrected chi connectivity index (χ3v) is 3.13. The number of rotatable bonds is 6. The van der Waals surface area contributed by atoms with Crippen molar-refractivity contribution in [1.82, 2.24) is 9.97 Å².